The van der Waals surface area contributed by atoms with Crippen molar-refractivity contribution in [2.75, 3.05) is 7.11 Å². The molecule has 1 radical (unpaired) electrons. The molecule has 0 aliphatic rings. The Morgan fingerprint density at radius 2 is 2.25 bits per heavy atom. The molecule has 0 aromatic heterocycles. The molecule has 1 heteroatoms. The molecule has 0 aromatic rings. The number of rotatable bonds is 4. The zero-order chi connectivity index (χ0) is 6.41. The second-order valence-corrected chi connectivity index (χ2v) is 1.94. The Morgan fingerprint density at radius 3 is 2.38 bits per heavy atom. The van der Waals surface area contributed by atoms with Gasteiger partial charge in [-0.3, -0.25) is 0 Å². The minimum absolute atomic E-state index is 0.389. The van der Waals surface area contributed by atoms with Gasteiger partial charge in [0.1, 0.15) is 0 Å². The third kappa shape index (κ3) is 3.03. The van der Waals surface area contributed by atoms with E-state index in [1.165, 1.54) is 6.42 Å². The van der Waals surface area contributed by atoms with Crippen LogP contribution in [0.5, 0.6) is 0 Å². The lowest BCUT2D eigenvalue weighted by Crippen LogP contribution is -2.07. The van der Waals surface area contributed by atoms with Gasteiger partial charge in [-0.2, -0.15) is 0 Å². The summed E-state index contributed by atoms with van der Waals surface area (Å²) in [6.07, 6.45) is 3.61. The molecule has 0 spiro atoms. The smallest absolute Gasteiger partial charge is 0.0571 e. The van der Waals surface area contributed by atoms with Gasteiger partial charge in [0.05, 0.1) is 6.10 Å². The van der Waals surface area contributed by atoms with Gasteiger partial charge in [-0.1, -0.05) is 20.3 Å². The first-order valence-corrected chi connectivity index (χ1v) is 3.17. The second kappa shape index (κ2) is 5.10. The van der Waals surface area contributed by atoms with Crippen LogP contribution in [0.25, 0.3) is 0 Å². The Balaban J connectivity index is 3.07. The Hall–Kier alpha value is -0.0400. The van der Waals surface area contributed by atoms with Gasteiger partial charge < -0.3 is 4.74 Å². The van der Waals surface area contributed by atoms with Crippen LogP contribution >= 0.6 is 0 Å². The minimum Gasteiger partial charge on any atom is -0.381 e. The Bertz CT molecular complexity index is 39.7. The molecule has 0 aromatic carbocycles. The highest BCUT2D eigenvalue weighted by Crippen LogP contribution is 2.03. The van der Waals surface area contributed by atoms with Gasteiger partial charge in [0, 0.05) is 7.11 Å². The lowest BCUT2D eigenvalue weighted by molar-refractivity contribution is 0.0966. The summed E-state index contributed by atoms with van der Waals surface area (Å²) in [6, 6.07) is 0. The zero-order valence-electron chi connectivity index (χ0n) is 5.81. The molecule has 8 heavy (non-hydrogen) atoms. The van der Waals surface area contributed by atoms with Crippen molar-refractivity contribution in [1.82, 2.24) is 0 Å². The molecule has 0 bridgehead atoms. The summed E-state index contributed by atoms with van der Waals surface area (Å²) >= 11 is 0. The van der Waals surface area contributed by atoms with Crippen molar-refractivity contribution in [2.24, 2.45) is 0 Å². The molecule has 0 N–H and O–H groups in total. The zero-order valence-corrected chi connectivity index (χ0v) is 5.81. The van der Waals surface area contributed by atoms with Crippen LogP contribution in [0.1, 0.15) is 26.2 Å². The van der Waals surface area contributed by atoms with Crippen LogP contribution in [0.2, 0.25) is 0 Å². The molecular formula is C7H15O. The van der Waals surface area contributed by atoms with E-state index in [0.29, 0.717) is 6.10 Å². The molecule has 0 amide bonds. The average Bonchev–Trinajstić information content (AvgIpc) is 1.83. The Labute approximate surface area is 52.0 Å². The first-order valence-electron chi connectivity index (χ1n) is 3.17. The van der Waals surface area contributed by atoms with Crippen molar-refractivity contribution in [3.05, 3.63) is 6.92 Å². The molecule has 0 rings (SSSR count). The lowest BCUT2D eigenvalue weighted by Gasteiger charge is -2.09. The summed E-state index contributed by atoms with van der Waals surface area (Å²) in [6.45, 7) is 5.90. The van der Waals surface area contributed by atoms with E-state index < -0.39 is 0 Å². The second-order valence-electron chi connectivity index (χ2n) is 1.94. The largest absolute Gasteiger partial charge is 0.381 e. The molecule has 0 aliphatic heterocycles. The maximum Gasteiger partial charge on any atom is 0.0571 e. The van der Waals surface area contributed by atoms with E-state index in [-0.39, 0.29) is 0 Å². The molecule has 0 saturated heterocycles. The van der Waals surface area contributed by atoms with Crippen LogP contribution in [0, 0.1) is 6.92 Å². The van der Waals surface area contributed by atoms with Gasteiger partial charge in [-0.15, -0.1) is 0 Å². The topological polar surface area (TPSA) is 9.23 Å². The van der Waals surface area contributed by atoms with E-state index in [0.717, 1.165) is 12.8 Å². The average molecular weight is 115 g/mol. The highest BCUT2D eigenvalue weighted by molar-refractivity contribution is 4.56. The molecular weight excluding hydrogens is 100 g/mol. The third-order valence-corrected chi connectivity index (χ3v) is 1.27. The normalized spacial score (nSPS) is 13.9. The van der Waals surface area contributed by atoms with Crippen LogP contribution in [0.3, 0.4) is 0 Å². The Morgan fingerprint density at radius 1 is 1.62 bits per heavy atom. The van der Waals surface area contributed by atoms with Gasteiger partial charge in [-0.25, -0.2) is 0 Å². The summed E-state index contributed by atoms with van der Waals surface area (Å²) < 4.78 is 5.08. The van der Waals surface area contributed by atoms with Gasteiger partial charge in [0.25, 0.3) is 0 Å². The number of hydrogen-bond donors (Lipinski definition) is 0. The van der Waals surface area contributed by atoms with Crippen LogP contribution in [0.4, 0.5) is 0 Å². The van der Waals surface area contributed by atoms with Crippen molar-refractivity contribution in [2.45, 2.75) is 32.3 Å². The van der Waals surface area contributed by atoms with E-state index >= 15 is 0 Å². The van der Waals surface area contributed by atoms with Gasteiger partial charge in [0.2, 0.25) is 0 Å². The van der Waals surface area contributed by atoms with Crippen molar-refractivity contribution in [3.8, 4) is 0 Å². The van der Waals surface area contributed by atoms with Crippen molar-refractivity contribution in [3.63, 3.8) is 0 Å². The van der Waals surface area contributed by atoms with E-state index in [1.54, 1.807) is 7.11 Å². The summed E-state index contributed by atoms with van der Waals surface area (Å²) in [5.74, 6) is 0. The van der Waals surface area contributed by atoms with Crippen LogP contribution in [-0.2, 0) is 4.74 Å². The number of hydrogen-bond acceptors (Lipinski definition) is 1. The maximum atomic E-state index is 5.08. The van der Waals surface area contributed by atoms with Crippen molar-refractivity contribution >= 4 is 0 Å². The fourth-order valence-electron chi connectivity index (χ4n) is 0.702. The third-order valence-electron chi connectivity index (χ3n) is 1.27. The van der Waals surface area contributed by atoms with Crippen molar-refractivity contribution in [1.29, 1.82) is 0 Å². The van der Waals surface area contributed by atoms with E-state index in [4.69, 9.17) is 4.74 Å². The predicted octanol–water partition coefficient (Wildman–Crippen LogP) is 2.03. The van der Waals surface area contributed by atoms with Crippen LogP contribution in [-0.4, -0.2) is 13.2 Å². The fourth-order valence-corrected chi connectivity index (χ4v) is 0.702. The standard InChI is InChI=1S/C7H15O/c1-4-6-7(5-2)8-3/h7H,2,4-6H2,1,3H3. The molecule has 1 nitrogen and oxygen atoms in total. The van der Waals surface area contributed by atoms with Crippen molar-refractivity contribution < 1.29 is 4.74 Å². The van der Waals surface area contributed by atoms with Gasteiger partial charge in [-0.05, 0) is 12.8 Å². The van der Waals surface area contributed by atoms with Gasteiger partial charge in [0.15, 0.2) is 0 Å². The number of ether oxygens (including phenoxy) is 1. The molecule has 0 aliphatic carbocycles. The minimum atomic E-state index is 0.389. The monoisotopic (exact) mass is 115 g/mol. The van der Waals surface area contributed by atoms with Crippen LogP contribution < -0.4 is 0 Å². The number of methoxy groups -OCH3 is 1. The molecule has 0 fully saturated rings. The SMILES string of the molecule is [CH2]CC(CCC)OC. The van der Waals surface area contributed by atoms with E-state index in [1.807, 2.05) is 0 Å². The molecule has 0 saturated carbocycles. The molecule has 1 unspecified atom stereocenters. The first kappa shape index (κ1) is 7.96. The highest BCUT2D eigenvalue weighted by atomic mass is 16.5. The lowest BCUT2D eigenvalue weighted by atomic mass is 10.2. The Kier molecular flexibility index (Phi) is 5.08. The summed E-state index contributed by atoms with van der Waals surface area (Å²) in [5.41, 5.74) is 0. The van der Waals surface area contributed by atoms with E-state index in [2.05, 4.69) is 13.8 Å². The quantitative estimate of drug-likeness (QED) is 0.544. The van der Waals surface area contributed by atoms with Gasteiger partial charge >= 0.3 is 0 Å². The summed E-state index contributed by atoms with van der Waals surface area (Å²) in [7, 11) is 1.74. The first-order chi connectivity index (χ1) is 3.85. The molecule has 49 valence electrons. The fraction of sp³-hybridized carbons (Fsp3) is 0.857. The maximum absolute atomic E-state index is 5.08. The molecule has 0 heterocycles. The van der Waals surface area contributed by atoms with E-state index in [9.17, 15) is 0 Å². The molecule has 1 atom stereocenters. The predicted molar refractivity (Wildman–Crippen MR) is 35.7 cm³/mol. The van der Waals surface area contributed by atoms with Crippen LogP contribution in [0.15, 0.2) is 0 Å². The summed E-state index contributed by atoms with van der Waals surface area (Å²) in [4.78, 5) is 0. The highest BCUT2D eigenvalue weighted by Gasteiger charge is 1.99. The summed E-state index contributed by atoms with van der Waals surface area (Å²) in [5, 5.41) is 0.